The molecule has 0 aromatic carbocycles. The Labute approximate surface area is 74.8 Å². The van der Waals surface area contributed by atoms with Crippen molar-refractivity contribution in [3.8, 4) is 0 Å². The van der Waals surface area contributed by atoms with Gasteiger partial charge in [0.2, 0.25) is 0 Å². The number of hydrogen-bond donors (Lipinski definition) is 2. The number of aliphatic hydroxyl groups is 1. The second-order valence-corrected chi connectivity index (χ2v) is 4.25. The molecule has 1 unspecified atom stereocenters. The molecule has 0 amide bonds. The molecule has 3 nitrogen and oxygen atoms in total. The Morgan fingerprint density at radius 1 is 1.58 bits per heavy atom. The first-order chi connectivity index (χ1) is 5.53. The van der Waals surface area contributed by atoms with Crippen molar-refractivity contribution in [3.63, 3.8) is 0 Å². The highest BCUT2D eigenvalue weighted by Crippen LogP contribution is 2.09. The molecule has 0 aliphatic carbocycles. The summed E-state index contributed by atoms with van der Waals surface area (Å²) in [5, 5.41) is 12.9. The summed E-state index contributed by atoms with van der Waals surface area (Å²) < 4.78 is 0. The van der Waals surface area contributed by atoms with Crippen LogP contribution < -0.4 is 5.32 Å². The number of β-amino-alcohol motifs (C(OH)–C–C–N with tert-alkyl or cyclic N) is 1. The van der Waals surface area contributed by atoms with Crippen LogP contribution in [0.25, 0.3) is 0 Å². The lowest BCUT2D eigenvalue weighted by Gasteiger charge is -2.28. The summed E-state index contributed by atoms with van der Waals surface area (Å²) in [4.78, 5) is 2.28. The van der Waals surface area contributed by atoms with E-state index in [4.69, 9.17) is 0 Å². The average Bonchev–Trinajstić information content (AvgIpc) is 2.10. The van der Waals surface area contributed by atoms with Crippen LogP contribution in [0, 0.1) is 0 Å². The van der Waals surface area contributed by atoms with Gasteiger partial charge in [-0.2, -0.15) is 0 Å². The summed E-state index contributed by atoms with van der Waals surface area (Å²) >= 11 is 0. The van der Waals surface area contributed by atoms with Gasteiger partial charge in [-0.25, -0.2) is 0 Å². The highest BCUT2D eigenvalue weighted by atomic mass is 16.3. The third kappa shape index (κ3) is 2.73. The van der Waals surface area contributed by atoms with E-state index in [1.54, 1.807) is 0 Å². The lowest BCUT2D eigenvalue weighted by atomic mass is 10.1. The molecule has 0 radical (unpaired) electrons. The van der Waals surface area contributed by atoms with Crippen molar-refractivity contribution in [2.45, 2.75) is 32.4 Å². The van der Waals surface area contributed by atoms with E-state index in [1.165, 1.54) is 0 Å². The van der Waals surface area contributed by atoms with Gasteiger partial charge in [0, 0.05) is 25.2 Å². The maximum Gasteiger partial charge on any atom is 0.0791 e. The number of nitrogens with one attached hydrogen (secondary N) is 1. The van der Waals surface area contributed by atoms with Gasteiger partial charge in [0.25, 0.3) is 0 Å². The van der Waals surface area contributed by atoms with Crippen LogP contribution in [0.4, 0.5) is 0 Å². The van der Waals surface area contributed by atoms with E-state index in [0.717, 1.165) is 19.6 Å². The van der Waals surface area contributed by atoms with Crippen molar-refractivity contribution >= 4 is 0 Å². The van der Waals surface area contributed by atoms with E-state index in [0.29, 0.717) is 6.54 Å². The van der Waals surface area contributed by atoms with Gasteiger partial charge in [-0.3, -0.25) is 4.90 Å². The predicted octanol–water partition coefficient (Wildman–Crippen LogP) is 0.0510. The van der Waals surface area contributed by atoms with Gasteiger partial charge in [0.15, 0.2) is 0 Å². The molecule has 2 N–H and O–H groups in total. The molecular weight excluding hydrogens is 152 g/mol. The van der Waals surface area contributed by atoms with Gasteiger partial charge in [-0.05, 0) is 20.4 Å². The number of likely N-dealkylation sites (N-methyl/N-ethyl adjacent to an activating group) is 1. The second-order valence-electron chi connectivity index (χ2n) is 4.25. The summed E-state index contributed by atoms with van der Waals surface area (Å²) in [7, 11) is 0. The lowest BCUT2D eigenvalue weighted by molar-refractivity contribution is 0.132. The first-order valence-electron chi connectivity index (χ1n) is 4.69. The van der Waals surface area contributed by atoms with Gasteiger partial charge >= 0.3 is 0 Å². The summed E-state index contributed by atoms with van der Waals surface area (Å²) in [6, 6.07) is 0. The van der Waals surface area contributed by atoms with Crippen LogP contribution in [0.2, 0.25) is 0 Å². The topological polar surface area (TPSA) is 35.5 Å². The van der Waals surface area contributed by atoms with Crippen molar-refractivity contribution in [1.82, 2.24) is 10.2 Å². The van der Waals surface area contributed by atoms with Crippen molar-refractivity contribution in [2.24, 2.45) is 0 Å². The van der Waals surface area contributed by atoms with Crippen LogP contribution in [-0.4, -0.2) is 47.8 Å². The summed E-state index contributed by atoms with van der Waals surface area (Å²) in [5.74, 6) is 0. The molecule has 1 rings (SSSR count). The smallest absolute Gasteiger partial charge is 0.0791 e. The summed E-state index contributed by atoms with van der Waals surface area (Å²) in [5.41, 5.74) is 0.132. The Kier molecular flexibility index (Phi) is 3.09. The molecule has 1 fully saturated rings. The Bertz CT molecular complexity index is 147. The van der Waals surface area contributed by atoms with E-state index in [9.17, 15) is 5.11 Å². The highest BCUT2D eigenvalue weighted by Gasteiger charge is 2.26. The first kappa shape index (κ1) is 9.96. The number of rotatable bonds is 1. The number of hydrogen-bond acceptors (Lipinski definition) is 3. The zero-order valence-electron chi connectivity index (χ0n) is 8.30. The fourth-order valence-corrected chi connectivity index (χ4v) is 1.68. The van der Waals surface area contributed by atoms with Crippen LogP contribution >= 0.6 is 0 Å². The van der Waals surface area contributed by atoms with Gasteiger partial charge in [0.05, 0.1) is 6.10 Å². The van der Waals surface area contributed by atoms with Gasteiger partial charge in [0.1, 0.15) is 0 Å². The molecule has 1 atom stereocenters. The maximum atomic E-state index is 9.52. The molecular formula is C9H20N2O. The number of nitrogens with zero attached hydrogens (tertiary/aromatic N) is 1. The summed E-state index contributed by atoms with van der Waals surface area (Å²) in [6.07, 6.45) is -0.216. The van der Waals surface area contributed by atoms with E-state index < -0.39 is 0 Å². The van der Waals surface area contributed by atoms with Crippen molar-refractivity contribution in [2.75, 3.05) is 26.2 Å². The Balaban J connectivity index is 2.56. The number of aliphatic hydroxyl groups excluding tert-OH is 1. The minimum absolute atomic E-state index is 0.132. The quantitative estimate of drug-likeness (QED) is 0.587. The van der Waals surface area contributed by atoms with E-state index >= 15 is 0 Å². The molecule has 1 aliphatic rings. The first-order valence-corrected chi connectivity index (χ1v) is 4.69. The zero-order valence-corrected chi connectivity index (χ0v) is 8.30. The maximum absolute atomic E-state index is 9.52. The van der Waals surface area contributed by atoms with Gasteiger partial charge in [-0.15, -0.1) is 0 Å². The van der Waals surface area contributed by atoms with Crippen LogP contribution in [0.3, 0.4) is 0 Å². The van der Waals surface area contributed by atoms with Crippen LogP contribution in [0.1, 0.15) is 20.8 Å². The molecule has 0 aromatic heterocycles. The van der Waals surface area contributed by atoms with Gasteiger partial charge in [-0.1, -0.05) is 6.92 Å². The molecule has 3 heteroatoms. The third-order valence-electron chi connectivity index (χ3n) is 2.35. The molecule has 1 aliphatic heterocycles. The third-order valence-corrected chi connectivity index (χ3v) is 2.35. The van der Waals surface area contributed by atoms with Crippen LogP contribution in [-0.2, 0) is 0 Å². The molecule has 72 valence electrons. The van der Waals surface area contributed by atoms with E-state index in [1.807, 2.05) is 0 Å². The minimum atomic E-state index is -0.216. The Hall–Kier alpha value is -0.120. The fourth-order valence-electron chi connectivity index (χ4n) is 1.68. The van der Waals surface area contributed by atoms with Crippen LogP contribution in [0.15, 0.2) is 0 Å². The second kappa shape index (κ2) is 3.73. The molecule has 0 bridgehead atoms. The zero-order chi connectivity index (χ0) is 9.19. The van der Waals surface area contributed by atoms with Gasteiger partial charge < -0.3 is 10.4 Å². The molecule has 1 saturated heterocycles. The van der Waals surface area contributed by atoms with Crippen molar-refractivity contribution in [1.29, 1.82) is 0 Å². The van der Waals surface area contributed by atoms with Crippen molar-refractivity contribution in [3.05, 3.63) is 0 Å². The fraction of sp³-hybridized carbons (Fsp3) is 1.00. The summed E-state index contributed by atoms with van der Waals surface area (Å²) in [6.45, 7) is 10.0. The Morgan fingerprint density at radius 2 is 2.25 bits per heavy atom. The molecule has 0 saturated carbocycles. The SMILES string of the molecule is CCN1CC(O)CNC(C)(C)C1. The predicted molar refractivity (Wildman–Crippen MR) is 50.2 cm³/mol. The lowest BCUT2D eigenvalue weighted by Crippen LogP contribution is -2.46. The highest BCUT2D eigenvalue weighted by molar-refractivity contribution is 4.87. The largest absolute Gasteiger partial charge is 0.390 e. The molecule has 0 spiro atoms. The van der Waals surface area contributed by atoms with E-state index in [2.05, 4.69) is 31.0 Å². The van der Waals surface area contributed by atoms with Crippen LogP contribution in [0.5, 0.6) is 0 Å². The standard InChI is InChI=1S/C9H20N2O/c1-4-11-6-8(12)5-10-9(2,3)7-11/h8,10,12H,4-7H2,1-3H3. The molecule has 1 heterocycles. The van der Waals surface area contributed by atoms with Crippen molar-refractivity contribution < 1.29 is 5.11 Å². The normalized spacial score (nSPS) is 31.5. The molecule has 0 aromatic rings. The average molecular weight is 172 g/mol. The minimum Gasteiger partial charge on any atom is -0.390 e. The molecule has 12 heavy (non-hydrogen) atoms. The van der Waals surface area contributed by atoms with E-state index in [-0.39, 0.29) is 11.6 Å². The Morgan fingerprint density at radius 3 is 2.83 bits per heavy atom. The monoisotopic (exact) mass is 172 g/mol.